The Kier molecular flexibility index (Phi) is 7.48. The van der Waals surface area contributed by atoms with Gasteiger partial charge >= 0.3 is 0 Å². The Hall–Kier alpha value is -3.04. The van der Waals surface area contributed by atoms with Gasteiger partial charge in [-0.25, -0.2) is 4.39 Å². The van der Waals surface area contributed by atoms with E-state index < -0.39 is 11.9 Å². The van der Waals surface area contributed by atoms with Gasteiger partial charge in [-0.05, 0) is 42.8 Å². The molecule has 1 aromatic carbocycles. The molecule has 186 valence electrons. The lowest BCUT2D eigenvalue weighted by molar-refractivity contribution is 0.0336. The van der Waals surface area contributed by atoms with Gasteiger partial charge in [-0.15, -0.1) is 0 Å². The number of ether oxygens (including phenoxy) is 2. The average Bonchev–Trinajstić information content (AvgIpc) is 3.29. The summed E-state index contributed by atoms with van der Waals surface area (Å²) in [6.45, 7) is 5.83. The Morgan fingerprint density at radius 1 is 1.17 bits per heavy atom. The van der Waals surface area contributed by atoms with Crippen LogP contribution in [0.2, 0.25) is 10.0 Å². The second-order valence-corrected chi connectivity index (χ2v) is 9.33. The predicted octanol–water partition coefficient (Wildman–Crippen LogP) is 6.10. The maximum Gasteiger partial charge on any atom is 0.151 e. The standard InChI is InChI=1S/C26H24Cl2FN5O2/c1-16(25-21(27)13-30-14-22(25)28)36-19-4-5-24-20(11-19)26(33-32-24)23(29)10-17-2-3-18(31-12-17)15-34-6-8-35-9-7-34/h2-5,10-14,16H,6-9,15H2,1H3,(H,32,33)/b23-10+/t16-/m0/s1. The smallest absolute Gasteiger partial charge is 0.151 e. The molecule has 0 saturated carbocycles. The molecule has 5 rings (SSSR count). The highest BCUT2D eigenvalue weighted by atomic mass is 35.5. The predicted molar refractivity (Wildman–Crippen MR) is 139 cm³/mol. The molecule has 0 aliphatic carbocycles. The monoisotopic (exact) mass is 527 g/mol. The van der Waals surface area contributed by atoms with Crippen molar-refractivity contribution in [2.24, 2.45) is 0 Å². The van der Waals surface area contributed by atoms with Crippen LogP contribution < -0.4 is 4.74 Å². The summed E-state index contributed by atoms with van der Waals surface area (Å²) in [6.07, 6.45) is 5.69. The number of aromatic amines is 1. The highest BCUT2D eigenvalue weighted by molar-refractivity contribution is 6.35. The molecule has 3 aromatic heterocycles. The first-order valence-corrected chi connectivity index (χ1v) is 12.3. The molecule has 0 radical (unpaired) electrons. The number of benzene rings is 1. The van der Waals surface area contributed by atoms with Gasteiger partial charge in [-0.1, -0.05) is 29.3 Å². The molecule has 1 N–H and O–H groups in total. The minimum Gasteiger partial charge on any atom is -0.486 e. The topological polar surface area (TPSA) is 76.2 Å². The number of aromatic nitrogens is 4. The maximum absolute atomic E-state index is 15.3. The van der Waals surface area contributed by atoms with Crippen molar-refractivity contribution in [3.05, 3.63) is 81.5 Å². The Balaban J connectivity index is 1.34. The number of fused-ring (bicyclic) bond motifs is 1. The summed E-state index contributed by atoms with van der Waals surface area (Å²) in [5.74, 6) is 0.0536. The summed E-state index contributed by atoms with van der Waals surface area (Å²) >= 11 is 12.5. The average molecular weight is 528 g/mol. The van der Waals surface area contributed by atoms with Crippen molar-refractivity contribution >= 4 is 46.0 Å². The molecule has 7 nitrogen and oxygen atoms in total. The van der Waals surface area contributed by atoms with Crippen molar-refractivity contribution in [3.8, 4) is 5.75 Å². The number of H-pyrrole nitrogens is 1. The number of rotatable bonds is 7. The largest absolute Gasteiger partial charge is 0.486 e. The molecule has 1 saturated heterocycles. The zero-order chi connectivity index (χ0) is 25.1. The SMILES string of the molecule is C[C@H](Oc1ccc2[nH]nc(/C(F)=C\c3ccc(CN4CCOCC4)nc3)c2c1)c1c(Cl)cncc1Cl. The van der Waals surface area contributed by atoms with E-state index in [1.165, 1.54) is 18.5 Å². The number of halogens is 3. The Labute approximate surface area is 217 Å². The van der Waals surface area contributed by atoms with E-state index >= 15 is 4.39 Å². The van der Waals surface area contributed by atoms with E-state index in [9.17, 15) is 0 Å². The van der Waals surface area contributed by atoms with Crippen LogP contribution in [0, 0.1) is 0 Å². The van der Waals surface area contributed by atoms with Gasteiger partial charge in [0.1, 0.15) is 17.5 Å². The first-order valence-electron chi connectivity index (χ1n) is 11.5. The van der Waals surface area contributed by atoms with E-state index in [1.54, 1.807) is 24.4 Å². The zero-order valence-corrected chi connectivity index (χ0v) is 21.1. The lowest BCUT2D eigenvalue weighted by Crippen LogP contribution is -2.35. The molecule has 10 heteroatoms. The molecule has 1 fully saturated rings. The van der Waals surface area contributed by atoms with Crippen molar-refractivity contribution in [2.45, 2.75) is 19.6 Å². The van der Waals surface area contributed by atoms with E-state index in [-0.39, 0.29) is 5.69 Å². The van der Waals surface area contributed by atoms with E-state index in [4.69, 9.17) is 32.7 Å². The summed E-state index contributed by atoms with van der Waals surface area (Å²) in [5, 5.41) is 8.48. The number of nitrogens with zero attached hydrogens (tertiary/aromatic N) is 4. The summed E-state index contributed by atoms with van der Waals surface area (Å²) < 4.78 is 26.7. The number of hydrogen-bond donors (Lipinski definition) is 1. The van der Waals surface area contributed by atoms with Crippen molar-refractivity contribution in [3.63, 3.8) is 0 Å². The van der Waals surface area contributed by atoms with Gasteiger partial charge < -0.3 is 9.47 Å². The van der Waals surface area contributed by atoms with Gasteiger partial charge in [0.25, 0.3) is 0 Å². The van der Waals surface area contributed by atoms with Crippen LogP contribution in [-0.4, -0.2) is 51.4 Å². The van der Waals surface area contributed by atoms with Crippen LogP contribution in [0.15, 0.2) is 48.9 Å². The second-order valence-electron chi connectivity index (χ2n) is 8.52. The summed E-state index contributed by atoms with van der Waals surface area (Å²) in [4.78, 5) is 10.8. The molecular formula is C26H24Cl2FN5O2. The Morgan fingerprint density at radius 3 is 2.67 bits per heavy atom. The Morgan fingerprint density at radius 2 is 1.94 bits per heavy atom. The number of hydrogen-bond acceptors (Lipinski definition) is 6. The lowest BCUT2D eigenvalue weighted by atomic mass is 10.1. The Bertz CT molecular complexity index is 1370. The molecular weight excluding hydrogens is 504 g/mol. The van der Waals surface area contributed by atoms with Gasteiger partial charge in [0, 0.05) is 49.2 Å². The molecule has 0 bridgehead atoms. The highest BCUT2D eigenvalue weighted by Gasteiger charge is 2.18. The molecule has 1 aliphatic rings. The molecule has 4 aromatic rings. The molecule has 0 unspecified atom stereocenters. The van der Waals surface area contributed by atoms with E-state index in [0.29, 0.717) is 37.8 Å². The van der Waals surface area contributed by atoms with Crippen LogP contribution in [0.25, 0.3) is 22.8 Å². The van der Waals surface area contributed by atoms with Gasteiger partial charge in [-0.3, -0.25) is 20.0 Å². The van der Waals surface area contributed by atoms with Crippen molar-refractivity contribution < 1.29 is 13.9 Å². The fraction of sp³-hybridized carbons (Fsp3) is 0.269. The molecule has 36 heavy (non-hydrogen) atoms. The van der Waals surface area contributed by atoms with Crippen LogP contribution in [-0.2, 0) is 11.3 Å². The molecule has 1 aliphatic heterocycles. The molecule has 0 spiro atoms. The first-order chi connectivity index (χ1) is 17.5. The fourth-order valence-corrected chi connectivity index (χ4v) is 4.81. The zero-order valence-electron chi connectivity index (χ0n) is 19.5. The van der Waals surface area contributed by atoms with Crippen LogP contribution >= 0.6 is 23.2 Å². The van der Waals surface area contributed by atoms with Gasteiger partial charge in [-0.2, -0.15) is 5.10 Å². The van der Waals surface area contributed by atoms with E-state index in [2.05, 4.69) is 25.1 Å². The van der Waals surface area contributed by atoms with E-state index in [0.717, 1.165) is 38.5 Å². The summed E-state index contributed by atoms with van der Waals surface area (Å²) in [5.41, 5.74) is 3.10. The van der Waals surface area contributed by atoms with Crippen LogP contribution in [0.4, 0.5) is 4.39 Å². The number of pyridine rings is 2. The van der Waals surface area contributed by atoms with Crippen molar-refractivity contribution in [2.75, 3.05) is 26.3 Å². The third kappa shape index (κ3) is 5.52. The minimum atomic E-state index is -0.477. The van der Waals surface area contributed by atoms with Gasteiger partial charge in [0.2, 0.25) is 0 Å². The third-order valence-corrected chi connectivity index (χ3v) is 6.60. The summed E-state index contributed by atoms with van der Waals surface area (Å²) in [6, 6.07) is 9.09. The third-order valence-electron chi connectivity index (χ3n) is 6.00. The van der Waals surface area contributed by atoms with E-state index in [1.807, 2.05) is 19.1 Å². The quantitative estimate of drug-likeness (QED) is 0.313. The fourth-order valence-electron chi connectivity index (χ4n) is 4.14. The molecule has 4 heterocycles. The normalized spacial score (nSPS) is 15.8. The number of morpholine rings is 1. The van der Waals surface area contributed by atoms with Crippen molar-refractivity contribution in [1.29, 1.82) is 0 Å². The maximum atomic E-state index is 15.3. The van der Waals surface area contributed by atoms with Crippen LogP contribution in [0.5, 0.6) is 5.75 Å². The van der Waals surface area contributed by atoms with Crippen LogP contribution in [0.3, 0.4) is 0 Å². The van der Waals surface area contributed by atoms with Gasteiger partial charge in [0.15, 0.2) is 5.83 Å². The first kappa shape index (κ1) is 24.6. The van der Waals surface area contributed by atoms with Crippen LogP contribution in [0.1, 0.15) is 35.5 Å². The molecule has 1 atom stereocenters. The highest BCUT2D eigenvalue weighted by Crippen LogP contribution is 2.34. The molecule has 0 amide bonds. The summed E-state index contributed by atoms with van der Waals surface area (Å²) in [7, 11) is 0. The van der Waals surface area contributed by atoms with Gasteiger partial charge in [0.05, 0.1) is 34.5 Å². The lowest BCUT2D eigenvalue weighted by Gasteiger charge is -2.26. The number of nitrogens with one attached hydrogen (secondary N) is 1. The minimum absolute atomic E-state index is 0.195. The second kappa shape index (κ2) is 10.9. The van der Waals surface area contributed by atoms with Crippen molar-refractivity contribution in [1.82, 2.24) is 25.1 Å².